The fraction of sp³-hybridized carbons (Fsp3) is 0.486. The van der Waals surface area contributed by atoms with E-state index in [1.165, 1.54) is 13.0 Å². The van der Waals surface area contributed by atoms with Crippen LogP contribution in [0, 0.1) is 12.8 Å². The first-order valence-corrected chi connectivity index (χ1v) is 16.3. The highest BCUT2D eigenvalue weighted by molar-refractivity contribution is 6.25. The van der Waals surface area contributed by atoms with Gasteiger partial charge >= 0.3 is 12.1 Å². The molecule has 248 valence electrons. The Labute approximate surface area is 272 Å². The molecule has 9 heteroatoms. The molecule has 2 amide bonds. The van der Waals surface area contributed by atoms with Crippen molar-refractivity contribution >= 4 is 35.1 Å². The molecule has 1 aliphatic rings. The van der Waals surface area contributed by atoms with Crippen LogP contribution in [0.25, 0.3) is 5.57 Å². The molecular weight excluding hydrogens is 586 g/mol. The number of benzene rings is 2. The highest BCUT2D eigenvalue weighted by Gasteiger charge is 2.47. The summed E-state index contributed by atoms with van der Waals surface area (Å²) >= 11 is 0. The Morgan fingerprint density at radius 2 is 1.57 bits per heavy atom. The van der Waals surface area contributed by atoms with E-state index in [1.54, 1.807) is 43.3 Å². The first-order valence-electron chi connectivity index (χ1n) is 16.3. The summed E-state index contributed by atoms with van der Waals surface area (Å²) in [6.45, 7) is 6.35. The number of aliphatic hydroxyl groups is 1. The number of aliphatic hydroxyl groups excluding tert-OH is 1. The lowest BCUT2D eigenvalue weighted by molar-refractivity contribution is -0.158. The zero-order valence-corrected chi connectivity index (χ0v) is 27.4. The highest BCUT2D eigenvalue weighted by atomic mass is 16.6. The molecule has 0 unspecified atom stereocenters. The van der Waals surface area contributed by atoms with E-state index in [4.69, 9.17) is 14.6 Å². The summed E-state index contributed by atoms with van der Waals surface area (Å²) in [6.07, 6.45) is 5.92. The molecule has 1 N–H and O–H groups in total. The summed E-state index contributed by atoms with van der Waals surface area (Å²) in [6, 6.07) is 15.6. The third-order valence-electron chi connectivity index (χ3n) is 8.28. The highest BCUT2D eigenvalue weighted by Crippen LogP contribution is 2.34. The molecule has 46 heavy (non-hydrogen) atoms. The van der Waals surface area contributed by atoms with E-state index in [2.05, 4.69) is 0 Å². The molecule has 0 aliphatic carbocycles. The fourth-order valence-electron chi connectivity index (χ4n) is 5.73. The van der Waals surface area contributed by atoms with E-state index in [0.29, 0.717) is 12.0 Å². The third-order valence-corrected chi connectivity index (χ3v) is 8.28. The minimum atomic E-state index is -1.56. The number of hydrogen-bond acceptors (Lipinski definition) is 8. The van der Waals surface area contributed by atoms with Crippen molar-refractivity contribution in [1.82, 2.24) is 4.90 Å². The van der Waals surface area contributed by atoms with Gasteiger partial charge in [0.05, 0.1) is 12.0 Å². The lowest BCUT2D eigenvalue weighted by atomic mass is 9.92. The van der Waals surface area contributed by atoms with Crippen molar-refractivity contribution in [2.45, 2.75) is 104 Å². The van der Waals surface area contributed by atoms with Crippen molar-refractivity contribution in [2.24, 2.45) is 5.92 Å². The Morgan fingerprint density at radius 3 is 2.17 bits per heavy atom. The summed E-state index contributed by atoms with van der Waals surface area (Å²) in [5.74, 6) is -3.66. The predicted octanol–water partition coefficient (Wildman–Crippen LogP) is 6.70. The van der Waals surface area contributed by atoms with Gasteiger partial charge in [-0.25, -0.2) is 9.69 Å². The lowest BCUT2D eigenvalue weighted by Gasteiger charge is -2.26. The van der Waals surface area contributed by atoms with Crippen molar-refractivity contribution in [1.29, 1.82) is 0 Å². The molecule has 0 radical (unpaired) electrons. The second-order valence-electron chi connectivity index (χ2n) is 12.0. The van der Waals surface area contributed by atoms with Crippen LogP contribution in [0.15, 0.2) is 60.7 Å². The molecule has 1 heterocycles. The first-order chi connectivity index (χ1) is 22.0. The van der Waals surface area contributed by atoms with Crippen LogP contribution in [0.4, 0.5) is 4.79 Å². The van der Waals surface area contributed by atoms with Crippen LogP contribution in [-0.4, -0.2) is 58.3 Å². The number of allylic oxidation sites excluding steroid dienone is 1. The number of ether oxygens (including phenoxy) is 2. The van der Waals surface area contributed by atoms with Crippen LogP contribution >= 0.6 is 0 Å². The number of aryl methyl sites for hydroxylation is 1. The van der Waals surface area contributed by atoms with Crippen LogP contribution in [0.2, 0.25) is 0 Å². The van der Waals surface area contributed by atoms with Gasteiger partial charge in [-0.3, -0.25) is 19.2 Å². The van der Waals surface area contributed by atoms with Gasteiger partial charge in [-0.15, -0.1) is 0 Å². The largest absolute Gasteiger partial charge is 0.453 e. The Bertz CT molecular complexity index is 1380. The molecule has 0 aromatic heterocycles. The maximum atomic E-state index is 13.8. The first kappa shape index (κ1) is 36.4. The molecule has 4 atom stereocenters. The van der Waals surface area contributed by atoms with E-state index in [1.807, 2.05) is 25.1 Å². The van der Waals surface area contributed by atoms with E-state index < -0.39 is 47.9 Å². The summed E-state index contributed by atoms with van der Waals surface area (Å²) in [5.41, 5.74) is 2.37. The minimum Gasteiger partial charge on any atom is -0.453 e. The van der Waals surface area contributed by atoms with Crippen LogP contribution in [0.3, 0.4) is 0 Å². The smallest absolute Gasteiger partial charge is 0.417 e. The molecule has 2 aromatic carbocycles. The number of nitrogens with zero attached hydrogens (tertiary/aromatic N) is 1. The number of carbonyl (C=O) groups is 5. The van der Waals surface area contributed by atoms with Crippen molar-refractivity contribution in [3.63, 3.8) is 0 Å². The number of hydrogen-bond donors (Lipinski definition) is 1. The van der Waals surface area contributed by atoms with Gasteiger partial charge in [-0.05, 0) is 50.8 Å². The van der Waals surface area contributed by atoms with Crippen molar-refractivity contribution < 1.29 is 38.6 Å². The van der Waals surface area contributed by atoms with E-state index in [-0.39, 0.29) is 24.4 Å². The number of unbranched alkanes of at least 4 members (excludes halogenated alkanes) is 7. The van der Waals surface area contributed by atoms with E-state index in [0.717, 1.165) is 67.9 Å². The number of carbonyl (C=O) groups excluding carboxylic acids is 5. The zero-order valence-electron chi connectivity index (χ0n) is 27.4. The van der Waals surface area contributed by atoms with Crippen molar-refractivity contribution in [3.8, 4) is 0 Å². The molecule has 0 spiro atoms. The van der Waals surface area contributed by atoms with Crippen LogP contribution in [0.1, 0.15) is 101 Å². The maximum absolute atomic E-state index is 13.8. The van der Waals surface area contributed by atoms with E-state index >= 15 is 0 Å². The van der Waals surface area contributed by atoms with Crippen LogP contribution < -0.4 is 0 Å². The Balaban J connectivity index is 1.78. The lowest BCUT2D eigenvalue weighted by Crippen LogP contribution is -2.47. The second kappa shape index (κ2) is 18.1. The topological polar surface area (TPSA) is 127 Å². The van der Waals surface area contributed by atoms with Gasteiger partial charge in [-0.2, -0.15) is 0 Å². The van der Waals surface area contributed by atoms with Crippen LogP contribution in [0.5, 0.6) is 0 Å². The predicted molar refractivity (Wildman–Crippen MR) is 174 cm³/mol. The van der Waals surface area contributed by atoms with Crippen molar-refractivity contribution in [3.05, 3.63) is 77.4 Å². The van der Waals surface area contributed by atoms with Crippen LogP contribution in [-0.2, 0) is 28.7 Å². The molecule has 9 nitrogen and oxygen atoms in total. The number of Topliss-reactive ketones (excluding diaryl/α,β-unsaturated/α-hetero) is 1. The quantitative estimate of drug-likeness (QED) is 0.109. The molecule has 1 fully saturated rings. The molecular formula is C37H47NO8. The molecule has 1 aliphatic heterocycles. The molecule has 1 saturated heterocycles. The third kappa shape index (κ3) is 10.2. The second-order valence-corrected chi connectivity index (χ2v) is 12.0. The molecule has 0 saturated carbocycles. The van der Waals surface area contributed by atoms with Gasteiger partial charge in [0.25, 0.3) is 0 Å². The number of imide groups is 1. The Hall–Kier alpha value is -4.11. The van der Waals surface area contributed by atoms with Gasteiger partial charge in [0, 0.05) is 25.5 Å². The van der Waals surface area contributed by atoms with Crippen molar-refractivity contribution in [2.75, 3.05) is 6.61 Å². The SMILES string of the molecule is CC(=O)O[C@H](C(=O)C=C(C(=O)CCCCCCCCCCO)c1cccc(C)c1)[C@H](C)C(=O)N1C(=O)O[C@H](c2ccccc2)[C@@H]1C. The Morgan fingerprint density at radius 1 is 0.935 bits per heavy atom. The normalized spacial score (nSPS) is 17.7. The number of rotatable bonds is 18. The maximum Gasteiger partial charge on any atom is 0.417 e. The average Bonchev–Trinajstić information content (AvgIpc) is 3.34. The average molecular weight is 634 g/mol. The number of ketones is 2. The van der Waals surface area contributed by atoms with Gasteiger partial charge in [0.1, 0.15) is 6.10 Å². The zero-order chi connectivity index (χ0) is 33.6. The van der Waals surface area contributed by atoms with E-state index in [9.17, 15) is 24.0 Å². The molecule has 2 aromatic rings. The summed E-state index contributed by atoms with van der Waals surface area (Å²) in [4.78, 5) is 66.9. The summed E-state index contributed by atoms with van der Waals surface area (Å²) < 4.78 is 10.9. The number of esters is 1. The number of amides is 2. The van der Waals surface area contributed by atoms with Gasteiger partial charge in [-0.1, -0.05) is 98.7 Å². The van der Waals surface area contributed by atoms with Gasteiger partial charge < -0.3 is 14.6 Å². The Kier molecular flexibility index (Phi) is 14.3. The van der Waals surface area contributed by atoms with Gasteiger partial charge in [0.15, 0.2) is 17.7 Å². The molecule has 0 bridgehead atoms. The fourth-order valence-corrected chi connectivity index (χ4v) is 5.73. The van der Waals surface area contributed by atoms with Gasteiger partial charge in [0.2, 0.25) is 5.91 Å². The standard InChI is InChI=1S/C37H47NO8/c1-25-17-16-20-30(23-25)31(32(41)21-14-9-7-5-6-8-10-15-22-39)24-33(42)34(45-28(4)40)26(2)36(43)38-27(3)35(46-37(38)44)29-18-12-11-13-19-29/h11-13,16-20,23-24,26-27,34-35,39H,5-10,14-15,21-22H2,1-4H3/t26-,27-,34-,35-/m0/s1. The minimum absolute atomic E-state index is 0.188. The summed E-state index contributed by atoms with van der Waals surface area (Å²) in [7, 11) is 0. The summed E-state index contributed by atoms with van der Waals surface area (Å²) in [5, 5.41) is 8.90. The number of cyclic esters (lactones) is 1. The monoisotopic (exact) mass is 633 g/mol. The molecule has 3 rings (SSSR count).